The summed E-state index contributed by atoms with van der Waals surface area (Å²) in [5.41, 5.74) is 0.744. The second-order valence-electron chi connectivity index (χ2n) is 8.69. The maximum absolute atomic E-state index is 13.3. The molecule has 0 spiro atoms. The van der Waals surface area contributed by atoms with E-state index >= 15 is 0 Å². The molecule has 7 nitrogen and oxygen atoms in total. The number of hydrogen-bond acceptors (Lipinski definition) is 7. The van der Waals surface area contributed by atoms with Gasteiger partial charge < -0.3 is 15.1 Å². The molecule has 2 aliphatic heterocycles. The Morgan fingerprint density at radius 1 is 1.12 bits per heavy atom. The Morgan fingerprint density at radius 3 is 2.69 bits per heavy atom. The molecule has 1 amide bonds. The van der Waals surface area contributed by atoms with Crippen LogP contribution in [0.2, 0.25) is 0 Å². The number of quaternary nitrogens is 1. The highest BCUT2D eigenvalue weighted by Gasteiger charge is 2.40. The quantitative estimate of drug-likeness (QED) is 0.533. The molecule has 0 aromatic carbocycles. The van der Waals surface area contributed by atoms with Gasteiger partial charge in [0.2, 0.25) is 0 Å². The van der Waals surface area contributed by atoms with Crippen molar-refractivity contribution in [3.05, 3.63) is 35.2 Å². The van der Waals surface area contributed by atoms with Crippen LogP contribution < -0.4 is 10.6 Å². The van der Waals surface area contributed by atoms with Crippen molar-refractivity contribution in [2.24, 2.45) is 0 Å². The number of thiazole rings is 1. The fraction of sp³-hybridized carbons (Fsp3) is 0.478. The number of aromatic nitrogens is 3. The van der Waals surface area contributed by atoms with E-state index < -0.39 is 0 Å². The molecule has 2 N–H and O–H groups in total. The number of anilines is 1. The molecular formula is C23H29N6OS2+. The molecule has 9 heteroatoms. The maximum Gasteiger partial charge on any atom is 0.280 e. The van der Waals surface area contributed by atoms with Crippen LogP contribution in [0.15, 0.2) is 35.2 Å². The Hall–Kier alpha value is -2.20. The average molecular weight is 470 g/mol. The molecule has 0 bridgehead atoms. The number of carbonyl (C=O) groups is 1. The molecule has 3 aromatic heterocycles. The summed E-state index contributed by atoms with van der Waals surface area (Å²) in [6.07, 6.45) is 7.77. The molecule has 168 valence electrons. The van der Waals surface area contributed by atoms with Gasteiger partial charge in [0.1, 0.15) is 16.5 Å². The Kier molecular flexibility index (Phi) is 6.59. The molecule has 5 heterocycles. The number of thiophene rings is 1. The number of amides is 1. The summed E-state index contributed by atoms with van der Waals surface area (Å²) in [7, 11) is 0. The summed E-state index contributed by atoms with van der Waals surface area (Å²) in [6, 6.07) is 6.41. The zero-order chi connectivity index (χ0) is 21.8. The van der Waals surface area contributed by atoms with Crippen LogP contribution in [0.3, 0.4) is 0 Å². The normalized spacial score (nSPS) is 19.0. The molecule has 3 aromatic rings. The third kappa shape index (κ3) is 4.76. The number of nitrogens with zero attached hydrogens (tertiary/aromatic N) is 4. The minimum absolute atomic E-state index is 0.0475. The average Bonchev–Trinajstić information content (AvgIpc) is 3.55. The lowest BCUT2D eigenvalue weighted by Gasteiger charge is -2.48. The lowest BCUT2D eigenvalue weighted by Crippen LogP contribution is -2.63. The van der Waals surface area contributed by atoms with Gasteiger partial charge in [-0.2, -0.15) is 0 Å². The van der Waals surface area contributed by atoms with Crippen LogP contribution in [0.1, 0.15) is 32.1 Å². The predicted octanol–water partition coefficient (Wildman–Crippen LogP) is 4.02. The van der Waals surface area contributed by atoms with Gasteiger partial charge in [-0.1, -0.05) is 6.07 Å². The first-order chi connectivity index (χ1) is 15.7. The highest BCUT2D eigenvalue weighted by Crippen LogP contribution is 2.30. The second kappa shape index (κ2) is 9.74. The first kappa shape index (κ1) is 21.6. The van der Waals surface area contributed by atoms with Crippen molar-refractivity contribution < 1.29 is 9.28 Å². The van der Waals surface area contributed by atoms with Crippen molar-refractivity contribution >= 4 is 34.4 Å². The summed E-state index contributed by atoms with van der Waals surface area (Å²) in [6.45, 7) is 4.84. The third-order valence-corrected chi connectivity index (χ3v) is 8.30. The van der Waals surface area contributed by atoms with Gasteiger partial charge in [-0.05, 0) is 30.7 Å². The summed E-state index contributed by atoms with van der Waals surface area (Å²) < 4.78 is 0.926. The zero-order valence-electron chi connectivity index (χ0n) is 18.1. The summed E-state index contributed by atoms with van der Waals surface area (Å²) in [5, 5.41) is 11.4. The van der Waals surface area contributed by atoms with Gasteiger partial charge in [0.15, 0.2) is 12.4 Å². The first-order valence-corrected chi connectivity index (χ1v) is 13.2. The van der Waals surface area contributed by atoms with Crippen molar-refractivity contribution in [2.75, 3.05) is 38.0 Å². The number of likely N-dealkylation sites (tertiary alicyclic amines) is 1. The van der Waals surface area contributed by atoms with E-state index in [2.05, 4.69) is 20.6 Å². The molecule has 0 radical (unpaired) electrons. The predicted molar refractivity (Wildman–Crippen MR) is 130 cm³/mol. The lowest BCUT2D eigenvalue weighted by molar-refractivity contribution is -0.949. The summed E-state index contributed by atoms with van der Waals surface area (Å²) in [4.78, 5) is 28.1. The van der Waals surface area contributed by atoms with Gasteiger partial charge in [-0.25, -0.2) is 15.0 Å². The van der Waals surface area contributed by atoms with Gasteiger partial charge in [-0.15, -0.1) is 22.7 Å². The SMILES string of the molecule is O=C(C[N+]1(C2CCNCC2)CCCCC1)Nc1cc(-c2nccs2)nc(-c2cccs2)n1. The standard InChI is InChI=1S/C23H28N6OS2/c30-21(16-29(11-2-1-3-12-29)17-6-8-24-9-7-17)27-20-15-18(23-25-10-14-32-23)26-22(28-20)19-5-4-13-31-19/h4-5,10,13-15,17,24H,1-3,6-9,11-12,16H2/p+1. The monoisotopic (exact) mass is 469 g/mol. The third-order valence-electron chi connectivity index (χ3n) is 6.64. The minimum Gasteiger partial charge on any atom is -0.316 e. The Balaban J connectivity index is 1.39. The highest BCUT2D eigenvalue weighted by molar-refractivity contribution is 7.13. The van der Waals surface area contributed by atoms with Crippen LogP contribution in [0.5, 0.6) is 0 Å². The first-order valence-electron chi connectivity index (χ1n) is 11.4. The molecule has 2 aliphatic rings. The topological polar surface area (TPSA) is 79.8 Å². The second-order valence-corrected chi connectivity index (χ2v) is 10.5. The largest absolute Gasteiger partial charge is 0.316 e. The lowest BCUT2D eigenvalue weighted by atomic mass is 9.96. The Morgan fingerprint density at radius 2 is 1.97 bits per heavy atom. The van der Waals surface area contributed by atoms with Crippen LogP contribution in [-0.4, -0.2) is 64.1 Å². The Labute approximate surface area is 196 Å². The molecule has 0 aliphatic carbocycles. The molecule has 0 saturated carbocycles. The summed E-state index contributed by atoms with van der Waals surface area (Å²) >= 11 is 3.13. The molecule has 2 fully saturated rings. The van der Waals surface area contributed by atoms with Crippen molar-refractivity contribution in [1.29, 1.82) is 0 Å². The van der Waals surface area contributed by atoms with E-state index in [0.717, 1.165) is 59.1 Å². The molecule has 2 saturated heterocycles. The Bertz CT molecular complexity index is 972. The van der Waals surface area contributed by atoms with Crippen molar-refractivity contribution in [2.45, 2.75) is 38.1 Å². The van der Waals surface area contributed by atoms with E-state index in [1.165, 1.54) is 30.6 Å². The number of piperidine rings is 2. The van der Waals surface area contributed by atoms with E-state index in [0.29, 0.717) is 24.2 Å². The molecule has 0 atom stereocenters. The summed E-state index contributed by atoms with van der Waals surface area (Å²) in [5.74, 6) is 1.23. The van der Waals surface area contributed by atoms with Crippen LogP contribution in [0.25, 0.3) is 21.4 Å². The fourth-order valence-electron chi connectivity index (χ4n) is 5.10. The van der Waals surface area contributed by atoms with E-state index in [1.807, 2.05) is 29.0 Å². The minimum atomic E-state index is 0.0475. The molecular weight excluding hydrogens is 440 g/mol. The smallest absolute Gasteiger partial charge is 0.280 e. The number of carbonyl (C=O) groups excluding carboxylic acids is 1. The zero-order valence-corrected chi connectivity index (χ0v) is 19.8. The van der Waals surface area contributed by atoms with Gasteiger partial charge in [0, 0.05) is 43.6 Å². The van der Waals surface area contributed by atoms with E-state index in [9.17, 15) is 4.79 Å². The maximum atomic E-state index is 13.3. The van der Waals surface area contributed by atoms with Crippen molar-refractivity contribution in [3.8, 4) is 21.4 Å². The van der Waals surface area contributed by atoms with E-state index in [4.69, 9.17) is 4.98 Å². The molecule has 32 heavy (non-hydrogen) atoms. The van der Waals surface area contributed by atoms with Gasteiger partial charge >= 0.3 is 0 Å². The molecule has 0 unspecified atom stereocenters. The van der Waals surface area contributed by atoms with Gasteiger partial charge in [0.25, 0.3) is 5.91 Å². The number of hydrogen-bond donors (Lipinski definition) is 2. The molecule has 5 rings (SSSR count). The van der Waals surface area contributed by atoms with Crippen molar-refractivity contribution in [1.82, 2.24) is 20.3 Å². The van der Waals surface area contributed by atoms with E-state index in [1.54, 1.807) is 17.5 Å². The number of rotatable bonds is 6. The van der Waals surface area contributed by atoms with Gasteiger partial charge in [0.05, 0.1) is 24.0 Å². The van der Waals surface area contributed by atoms with Crippen LogP contribution in [0, 0.1) is 0 Å². The van der Waals surface area contributed by atoms with E-state index in [-0.39, 0.29) is 5.91 Å². The van der Waals surface area contributed by atoms with Crippen molar-refractivity contribution in [3.63, 3.8) is 0 Å². The number of nitrogens with one attached hydrogen (secondary N) is 2. The fourth-order valence-corrected chi connectivity index (χ4v) is 6.36. The van der Waals surface area contributed by atoms with Crippen LogP contribution in [0.4, 0.5) is 5.82 Å². The van der Waals surface area contributed by atoms with Gasteiger partial charge in [-0.3, -0.25) is 4.79 Å². The highest BCUT2D eigenvalue weighted by atomic mass is 32.1. The van der Waals surface area contributed by atoms with Crippen LogP contribution >= 0.6 is 22.7 Å². The van der Waals surface area contributed by atoms with Crippen LogP contribution in [-0.2, 0) is 4.79 Å².